The van der Waals surface area contributed by atoms with Gasteiger partial charge in [0.05, 0.1) is 25.6 Å². The predicted molar refractivity (Wildman–Crippen MR) is 254 cm³/mol. The number of halogens is 4. The van der Waals surface area contributed by atoms with Crippen LogP contribution in [0.5, 0.6) is 0 Å². The lowest BCUT2D eigenvalue weighted by Crippen LogP contribution is -2.45. The largest absolute Gasteiger partial charge is 0.462 e. The molecule has 2 aromatic carbocycles. The predicted octanol–water partition coefficient (Wildman–Crippen LogP) is 14.0. The topological polar surface area (TPSA) is 127 Å². The second-order valence-electron chi connectivity index (χ2n) is 16.4. The van der Waals surface area contributed by atoms with Crippen LogP contribution in [0.1, 0.15) is 172 Å². The fraction of sp³-hybridized carbons (Fsp3) is 0.612. The van der Waals surface area contributed by atoms with Gasteiger partial charge in [-0.3, -0.25) is 19.2 Å². The van der Waals surface area contributed by atoms with Crippen molar-refractivity contribution in [2.75, 3.05) is 19.8 Å². The number of nitrogens with zero attached hydrogens (tertiary/aromatic N) is 2. The molecule has 2 aromatic rings. The first kappa shape index (κ1) is 55.1. The summed E-state index contributed by atoms with van der Waals surface area (Å²) in [5, 5.41) is 1.66. The van der Waals surface area contributed by atoms with E-state index in [2.05, 4.69) is 18.8 Å². The highest BCUT2D eigenvalue weighted by Crippen LogP contribution is 2.33. The zero-order valence-electron chi connectivity index (χ0n) is 37.8. The summed E-state index contributed by atoms with van der Waals surface area (Å²) in [6, 6.07) is 10.1. The maximum absolute atomic E-state index is 13.4. The monoisotopic (exact) mass is 969 g/mol. The first-order valence-corrected chi connectivity index (χ1v) is 24.8. The van der Waals surface area contributed by atoms with Crippen LogP contribution in [-0.2, 0) is 49.6 Å². The smallest absolute Gasteiger partial charge is 0.368 e. The number of esters is 3. The minimum Gasteiger partial charge on any atom is -0.462 e. The van der Waals surface area contributed by atoms with E-state index in [1.165, 1.54) is 76.7 Å². The van der Waals surface area contributed by atoms with Gasteiger partial charge in [-0.15, -0.1) is 0 Å². The molecule has 1 heterocycles. The third kappa shape index (κ3) is 23.3. The lowest BCUT2D eigenvalue weighted by molar-refractivity contribution is -0.971. The van der Waals surface area contributed by atoms with Crippen LogP contribution in [0.4, 0.5) is 0 Å². The van der Waals surface area contributed by atoms with Crippen LogP contribution in [0.25, 0.3) is 0 Å². The Balaban J connectivity index is 1.55. The number of unbranched alkanes of at least 4 members (excludes halogenated alkanes) is 16. The van der Waals surface area contributed by atoms with Crippen LogP contribution in [0.15, 0.2) is 53.8 Å². The van der Waals surface area contributed by atoms with Crippen LogP contribution in [0, 0.1) is 0 Å². The molecule has 3 rings (SSSR count). The van der Waals surface area contributed by atoms with Crippen molar-refractivity contribution in [2.24, 2.45) is 4.99 Å². The Labute approximate surface area is 401 Å². The van der Waals surface area contributed by atoms with E-state index in [1.807, 2.05) is 0 Å². The molecule has 0 saturated carbocycles. The summed E-state index contributed by atoms with van der Waals surface area (Å²) in [6.07, 6.45) is 22.5. The molecule has 0 bridgehead atoms. The van der Waals surface area contributed by atoms with E-state index in [0.29, 0.717) is 44.1 Å². The molecule has 2 unspecified atom stereocenters. The highest BCUT2D eigenvalue weighted by Gasteiger charge is 2.38. The van der Waals surface area contributed by atoms with Crippen LogP contribution >= 0.6 is 46.4 Å². The Kier molecular flexibility index (Phi) is 28.0. The normalized spacial score (nSPS) is 14.8. The Morgan fingerprint density at radius 2 is 1.09 bits per heavy atom. The number of hydrogen-bond acceptors (Lipinski definition) is 10. The van der Waals surface area contributed by atoms with Crippen LogP contribution in [0.3, 0.4) is 0 Å². The highest BCUT2D eigenvalue weighted by molar-refractivity contribution is 6.35. The van der Waals surface area contributed by atoms with Crippen molar-refractivity contribution >= 4 is 76.6 Å². The molecule has 356 valence electrons. The number of aliphatic imine (C=N–C) groups is 1. The Morgan fingerprint density at radius 3 is 1.59 bits per heavy atom. The number of carbonyl (C=O) groups excluding carboxylic acids is 4. The van der Waals surface area contributed by atoms with Gasteiger partial charge in [-0.1, -0.05) is 180 Å². The molecule has 0 amide bonds. The number of benzene rings is 2. The van der Waals surface area contributed by atoms with E-state index in [0.717, 1.165) is 38.5 Å². The maximum Gasteiger partial charge on any atom is 0.368 e. The molecule has 0 radical (unpaired) electrons. The fourth-order valence-corrected chi connectivity index (χ4v) is 8.10. The minimum atomic E-state index is -1.05. The summed E-state index contributed by atoms with van der Waals surface area (Å²) < 4.78 is 22.4. The standard InChI is InChI=1S/C49H69Cl4N2O9/c1-3-5-7-9-11-13-15-17-19-21-46(56)61-35-41(36-62-47(57)22-20-18-16-14-12-10-8-6-4-2)63-48(58)27-28-49(59)64-55(30-29-54-37-55)33-45(42-26-25-40(51)32-44(42)53)60-34-38-23-24-39(50)31-43(38)52/h23-26,29-32,37,41,45H,3-22,27-28,33-36H2,1-2H3/q+1. The van der Waals surface area contributed by atoms with Gasteiger partial charge in [-0.2, -0.15) is 0 Å². The number of hydroxylamine groups is 3. The van der Waals surface area contributed by atoms with Gasteiger partial charge in [0.25, 0.3) is 0 Å². The van der Waals surface area contributed by atoms with Crippen molar-refractivity contribution in [1.29, 1.82) is 0 Å². The number of quaternary nitrogens is 1. The molecule has 0 aliphatic carbocycles. The SMILES string of the molecule is CCCCCCCCCCCC(=O)OCC(COC(=O)CCCCCCCCCCC)OC(=O)CCC(=O)O[N+]1(CC(OCc2ccc(Cl)cc2Cl)c2ccc(Cl)cc2Cl)C=CN=C1. The quantitative estimate of drug-likeness (QED) is 0.0287. The Morgan fingerprint density at radius 1 is 0.594 bits per heavy atom. The van der Waals surface area contributed by atoms with E-state index < -0.39 is 40.7 Å². The van der Waals surface area contributed by atoms with Gasteiger partial charge in [-0.25, -0.2) is 9.79 Å². The molecule has 0 spiro atoms. The highest BCUT2D eigenvalue weighted by atomic mass is 35.5. The van der Waals surface area contributed by atoms with E-state index in [-0.39, 0.29) is 52.0 Å². The maximum atomic E-state index is 13.4. The number of carbonyl (C=O) groups is 4. The molecule has 0 aromatic heterocycles. The zero-order valence-corrected chi connectivity index (χ0v) is 40.8. The summed E-state index contributed by atoms with van der Waals surface area (Å²) in [5.74, 6) is -2.31. The van der Waals surface area contributed by atoms with Crippen molar-refractivity contribution in [2.45, 2.75) is 174 Å². The molecule has 15 heteroatoms. The van der Waals surface area contributed by atoms with Crippen molar-refractivity contribution < 1.29 is 47.6 Å². The second-order valence-corrected chi connectivity index (χ2v) is 18.1. The molecular weight excluding hydrogens is 902 g/mol. The van der Waals surface area contributed by atoms with Crippen molar-refractivity contribution in [3.8, 4) is 0 Å². The summed E-state index contributed by atoms with van der Waals surface area (Å²) in [6.45, 7) is 3.93. The number of ether oxygens (including phenoxy) is 4. The summed E-state index contributed by atoms with van der Waals surface area (Å²) in [7, 11) is 0. The first-order chi connectivity index (χ1) is 30.9. The zero-order chi connectivity index (χ0) is 46.4. The molecule has 0 N–H and O–H groups in total. The van der Waals surface area contributed by atoms with Gasteiger partial charge in [0, 0.05) is 38.5 Å². The van der Waals surface area contributed by atoms with Crippen molar-refractivity contribution in [1.82, 2.24) is 0 Å². The van der Waals surface area contributed by atoms with Gasteiger partial charge < -0.3 is 18.9 Å². The minimum absolute atomic E-state index is 0.0135. The Bertz CT molecular complexity index is 1730. The molecule has 1 aliphatic rings. The van der Waals surface area contributed by atoms with E-state index in [9.17, 15) is 19.2 Å². The average Bonchev–Trinajstić information content (AvgIpc) is 3.72. The van der Waals surface area contributed by atoms with Crippen LogP contribution in [0.2, 0.25) is 20.1 Å². The summed E-state index contributed by atoms with van der Waals surface area (Å²) in [5.41, 5.74) is 1.25. The molecule has 64 heavy (non-hydrogen) atoms. The average molecular weight is 972 g/mol. The number of hydrogen-bond donors (Lipinski definition) is 0. The van der Waals surface area contributed by atoms with E-state index in [4.69, 9.17) is 70.2 Å². The molecule has 0 saturated heterocycles. The van der Waals surface area contributed by atoms with E-state index >= 15 is 0 Å². The van der Waals surface area contributed by atoms with Crippen LogP contribution < -0.4 is 0 Å². The lowest BCUT2D eigenvalue weighted by Gasteiger charge is -2.29. The molecule has 0 fully saturated rings. The lowest BCUT2D eigenvalue weighted by atomic mass is 10.1. The van der Waals surface area contributed by atoms with E-state index in [1.54, 1.807) is 42.6 Å². The molecule has 2 atom stereocenters. The van der Waals surface area contributed by atoms with Gasteiger partial charge in [0.15, 0.2) is 18.8 Å². The van der Waals surface area contributed by atoms with Gasteiger partial charge in [-0.05, 0) is 42.7 Å². The molecule has 11 nitrogen and oxygen atoms in total. The van der Waals surface area contributed by atoms with Gasteiger partial charge in [0.1, 0.15) is 19.3 Å². The molecule has 1 aliphatic heterocycles. The Hall–Kier alpha value is -3.19. The van der Waals surface area contributed by atoms with Crippen molar-refractivity contribution in [3.05, 3.63) is 80.0 Å². The fourth-order valence-electron chi connectivity index (χ4n) is 7.11. The second kappa shape index (κ2) is 32.5. The third-order valence-electron chi connectivity index (χ3n) is 10.8. The molecular formula is C49H69Cl4N2O9+. The van der Waals surface area contributed by atoms with Crippen LogP contribution in [-0.4, -0.2) is 60.7 Å². The third-order valence-corrected chi connectivity index (χ3v) is 12.0. The number of rotatable bonds is 35. The summed E-state index contributed by atoms with van der Waals surface area (Å²) in [4.78, 5) is 61.9. The van der Waals surface area contributed by atoms with Crippen molar-refractivity contribution in [3.63, 3.8) is 0 Å². The van der Waals surface area contributed by atoms with Gasteiger partial charge in [0.2, 0.25) is 6.34 Å². The van der Waals surface area contributed by atoms with Gasteiger partial charge >= 0.3 is 23.9 Å². The summed E-state index contributed by atoms with van der Waals surface area (Å²) >= 11 is 25.4. The first-order valence-electron chi connectivity index (χ1n) is 23.3.